The first-order chi connectivity index (χ1) is 29.5. The highest BCUT2D eigenvalue weighted by Crippen LogP contribution is 2.53. The van der Waals surface area contributed by atoms with E-state index in [4.69, 9.17) is 4.42 Å². The molecule has 0 spiro atoms. The fourth-order valence-electron chi connectivity index (χ4n) is 10.9. The molecule has 12 aromatic rings. The lowest BCUT2D eigenvalue weighted by Crippen LogP contribution is -2.14. The van der Waals surface area contributed by atoms with Gasteiger partial charge in [-0.2, -0.15) is 0 Å². The van der Waals surface area contributed by atoms with Crippen LogP contribution in [0.2, 0.25) is 0 Å². The van der Waals surface area contributed by atoms with E-state index in [9.17, 15) is 0 Å². The Morgan fingerprint density at radius 3 is 1.50 bits per heavy atom. The van der Waals surface area contributed by atoms with Crippen LogP contribution in [0.15, 0.2) is 199 Å². The monoisotopic (exact) mass is 762 g/mol. The topological polar surface area (TPSA) is 13.1 Å². The van der Waals surface area contributed by atoms with Crippen LogP contribution in [0.4, 0.5) is 0 Å². The number of benzene rings is 11. The molecule has 1 nitrogen and oxygen atoms in total. The zero-order valence-electron chi connectivity index (χ0n) is 33.4. The van der Waals surface area contributed by atoms with E-state index >= 15 is 0 Å². The van der Waals surface area contributed by atoms with Gasteiger partial charge in [0.15, 0.2) is 0 Å². The molecule has 0 N–H and O–H groups in total. The molecular formula is C59H38O. The normalized spacial score (nSPS) is 13.3. The van der Waals surface area contributed by atoms with Crippen LogP contribution in [0.1, 0.15) is 25.0 Å². The summed E-state index contributed by atoms with van der Waals surface area (Å²) >= 11 is 0. The molecule has 1 aliphatic carbocycles. The zero-order valence-corrected chi connectivity index (χ0v) is 33.4. The standard InChI is InChI=1S/C59H38O/c1-59(2)52-31-27-36-15-4-6-18-40(36)58(52)51-34-55-50(33-53(51)59)43-28-26-37(32-54(43)60-55)39-29-30-49(42-20-8-7-19-41(39)42)57-47-23-11-9-21-45(47)56(46-22-10-12-24-48(46)57)44-25-13-16-35-14-3-5-17-38(35)44/h3-34H,1-2H3. The van der Waals surface area contributed by atoms with Crippen molar-refractivity contribution in [1.29, 1.82) is 0 Å². The molecule has 280 valence electrons. The number of fused-ring (bicyclic) bond motifs is 12. The number of rotatable bonds is 3. The van der Waals surface area contributed by atoms with Gasteiger partial charge in [-0.15, -0.1) is 0 Å². The quantitative estimate of drug-likeness (QED) is 0.163. The Morgan fingerprint density at radius 1 is 0.300 bits per heavy atom. The van der Waals surface area contributed by atoms with Crippen molar-refractivity contribution in [3.05, 3.63) is 205 Å². The first-order valence-corrected chi connectivity index (χ1v) is 21.0. The molecule has 0 bridgehead atoms. The van der Waals surface area contributed by atoms with Gasteiger partial charge >= 0.3 is 0 Å². The van der Waals surface area contributed by atoms with Crippen molar-refractivity contribution in [2.75, 3.05) is 0 Å². The van der Waals surface area contributed by atoms with Crippen molar-refractivity contribution in [3.63, 3.8) is 0 Å². The van der Waals surface area contributed by atoms with Crippen molar-refractivity contribution in [1.82, 2.24) is 0 Å². The Hall–Kier alpha value is -7.48. The first kappa shape index (κ1) is 33.5. The van der Waals surface area contributed by atoms with Crippen LogP contribution in [0.25, 0.3) is 120 Å². The molecule has 60 heavy (non-hydrogen) atoms. The summed E-state index contributed by atoms with van der Waals surface area (Å²) in [6.45, 7) is 4.72. The van der Waals surface area contributed by atoms with E-state index in [0.717, 1.165) is 22.1 Å². The highest BCUT2D eigenvalue weighted by atomic mass is 16.3. The van der Waals surface area contributed by atoms with Gasteiger partial charge in [-0.25, -0.2) is 0 Å². The lowest BCUT2D eigenvalue weighted by atomic mass is 9.81. The van der Waals surface area contributed by atoms with Gasteiger partial charge in [-0.05, 0) is 134 Å². The van der Waals surface area contributed by atoms with E-state index in [-0.39, 0.29) is 5.41 Å². The highest BCUT2D eigenvalue weighted by Gasteiger charge is 2.37. The summed E-state index contributed by atoms with van der Waals surface area (Å²) in [7, 11) is 0. The summed E-state index contributed by atoms with van der Waals surface area (Å²) in [5.41, 5.74) is 14.5. The maximum Gasteiger partial charge on any atom is 0.136 e. The van der Waals surface area contributed by atoms with Crippen LogP contribution >= 0.6 is 0 Å². The molecule has 0 fully saturated rings. The Balaban J connectivity index is 0.997. The molecule has 1 aliphatic rings. The fraction of sp³-hybridized carbons (Fsp3) is 0.0508. The molecule has 0 radical (unpaired) electrons. The molecule has 1 heterocycles. The summed E-state index contributed by atoms with van der Waals surface area (Å²) in [6.07, 6.45) is 0. The molecule has 0 saturated carbocycles. The zero-order chi connectivity index (χ0) is 39.7. The van der Waals surface area contributed by atoms with E-state index in [1.807, 2.05) is 0 Å². The van der Waals surface area contributed by atoms with Crippen LogP contribution in [0, 0.1) is 0 Å². The van der Waals surface area contributed by atoms with E-state index in [1.54, 1.807) is 0 Å². The summed E-state index contributed by atoms with van der Waals surface area (Å²) < 4.78 is 6.81. The molecule has 0 atom stereocenters. The van der Waals surface area contributed by atoms with E-state index in [1.165, 1.54) is 109 Å². The van der Waals surface area contributed by atoms with Gasteiger partial charge in [0.1, 0.15) is 11.2 Å². The van der Waals surface area contributed by atoms with Gasteiger partial charge in [0.25, 0.3) is 0 Å². The lowest BCUT2D eigenvalue weighted by molar-refractivity contribution is 0.658. The van der Waals surface area contributed by atoms with Gasteiger partial charge in [0, 0.05) is 16.2 Å². The fourth-order valence-corrected chi connectivity index (χ4v) is 10.9. The van der Waals surface area contributed by atoms with E-state index in [2.05, 4.69) is 208 Å². The highest BCUT2D eigenvalue weighted by molar-refractivity contribution is 6.26. The first-order valence-electron chi connectivity index (χ1n) is 21.0. The summed E-state index contributed by atoms with van der Waals surface area (Å²) in [6, 6.07) is 71.8. The second-order valence-electron chi connectivity index (χ2n) is 17.1. The average Bonchev–Trinajstić information content (AvgIpc) is 3.77. The molecule has 0 amide bonds. The average molecular weight is 763 g/mol. The minimum absolute atomic E-state index is 0.111. The molecular weight excluding hydrogens is 725 g/mol. The lowest BCUT2D eigenvalue weighted by Gasteiger charge is -2.21. The van der Waals surface area contributed by atoms with Crippen LogP contribution < -0.4 is 0 Å². The molecule has 11 aromatic carbocycles. The van der Waals surface area contributed by atoms with Gasteiger partial charge in [0.2, 0.25) is 0 Å². The minimum atomic E-state index is -0.111. The Morgan fingerprint density at radius 2 is 0.817 bits per heavy atom. The van der Waals surface area contributed by atoms with E-state index < -0.39 is 0 Å². The SMILES string of the molecule is CC1(C)c2cc3c(cc2-c2c1ccc1ccccc21)oc1cc(-c2ccc(-c4c5ccccc5c(-c5cccc6ccccc56)c5ccccc45)c4ccccc24)ccc13. The molecule has 0 aliphatic heterocycles. The smallest absolute Gasteiger partial charge is 0.136 e. The van der Waals surface area contributed by atoms with Crippen molar-refractivity contribution < 1.29 is 4.42 Å². The third kappa shape index (κ3) is 4.58. The molecule has 0 unspecified atom stereocenters. The molecule has 13 rings (SSSR count). The summed E-state index contributed by atoms with van der Waals surface area (Å²) in [4.78, 5) is 0. The largest absolute Gasteiger partial charge is 0.456 e. The number of furan rings is 1. The molecule has 1 heteroatoms. The third-order valence-electron chi connectivity index (χ3n) is 13.7. The predicted molar refractivity (Wildman–Crippen MR) is 255 cm³/mol. The predicted octanol–water partition coefficient (Wildman–Crippen LogP) is 16.7. The maximum atomic E-state index is 6.81. The van der Waals surface area contributed by atoms with Crippen LogP contribution in [-0.4, -0.2) is 0 Å². The van der Waals surface area contributed by atoms with Crippen molar-refractivity contribution in [2.45, 2.75) is 19.3 Å². The van der Waals surface area contributed by atoms with Gasteiger partial charge < -0.3 is 4.42 Å². The molecule has 0 saturated heterocycles. The van der Waals surface area contributed by atoms with Gasteiger partial charge in [0.05, 0.1) is 0 Å². The second-order valence-corrected chi connectivity index (χ2v) is 17.1. The van der Waals surface area contributed by atoms with Gasteiger partial charge in [-0.1, -0.05) is 184 Å². The number of hydrogen-bond donors (Lipinski definition) is 0. The Bertz CT molecular complexity index is 3740. The number of hydrogen-bond acceptors (Lipinski definition) is 1. The minimum Gasteiger partial charge on any atom is -0.456 e. The van der Waals surface area contributed by atoms with Crippen LogP contribution in [-0.2, 0) is 5.41 Å². The maximum absolute atomic E-state index is 6.81. The van der Waals surface area contributed by atoms with Crippen LogP contribution in [0.3, 0.4) is 0 Å². The third-order valence-corrected chi connectivity index (χ3v) is 13.7. The van der Waals surface area contributed by atoms with Crippen LogP contribution in [0.5, 0.6) is 0 Å². The van der Waals surface area contributed by atoms with Crippen molar-refractivity contribution in [3.8, 4) is 44.5 Å². The second kappa shape index (κ2) is 12.3. The van der Waals surface area contributed by atoms with E-state index in [0.29, 0.717) is 0 Å². The summed E-state index contributed by atoms with van der Waals surface area (Å²) in [5.74, 6) is 0. The summed E-state index contributed by atoms with van der Waals surface area (Å²) in [5, 5.41) is 14.9. The molecule has 1 aromatic heterocycles. The Labute approximate surface area is 347 Å². The van der Waals surface area contributed by atoms with Gasteiger partial charge in [-0.3, -0.25) is 0 Å². The van der Waals surface area contributed by atoms with Crippen molar-refractivity contribution >= 4 is 75.8 Å². The Kier molecular flexibility index (Phi) is 6.85. The van der Waals surface area contributed by atoms with Crippen molar-refractivity contribution in [2.24, 2.45) is 0 Å².